The van der Waals surface area contributed by atoms with Gasteiger partial charge in [0.2, 0.25) is 5.91 Å². The van der Waals surface area contributed by atoms with Crippen molar-refractivity contribution >= 4 is 11.8 Å². The lowest BCUT2D eigenvalue weighted by Gasteiger charge is -2.35. The summed E-state index contributed by atoms with van der Waals surface area (Å²) in [4.78, 5) is 25.6. The van der Waals surface area contributed by atoms with E-state index < -0.39 is 6.10 Å². The van der Waals surface area contributed by atoms with Crippen molar-refractivity contribution in [2.75, 3.05) is 13.1 Å². The van der Waals surface area contributed by atoms with Crippen molar-refractivity contribution in [2.45, 2.75) is 25.5 Å². The number of aliphatic hydroxyl groups is 1. The van der Waals surface area contributed by atoms with Crippen molar-refractivity contribution in [3.63, 3.8) is 0 Å². The highest BCUT2D eigenvalue weighted by Gasteiger charge is 2.30. The van der Waals surface area contributed by atoms with Gasteiger partial charge in [-0.05, 0) is 18.6 Å². The van der Waals surface area contributed by atoms with Gasteiger partial charge < -0.3 is 15.3 Å². The summed E-state index contributed by atoms with van der Waals surface area (Å²) in [6, 6.07) is 6.72. The summed E-state index contributed by atoms with van der Waals surface area (Å²) in [7, 11) is 0. The maximum absolute atomic E-state index is 12.6. The highest BCUT2D eigenvalue weighted by atomic mass is 16.3. The van der Waals surface area contributed by atoms with E-state index in [1.54, 1.807) is 27.7 Å². The molecule has 2 N–H and O–H groups in total. The van der Waals surface area contributed by atoms with Crippen molar-refractivity contribution < 1.29 is 14.7 Å². The van der Waals surface area contributed by atoms with Crippen LogP contribution in [0.25, 0.3) is 5.69 Å². The van der Waals surface area contributed by atoms with E-state index >= 15 is 0 Å². The molecule has 2 atom stereocenters. The smallest absolute Gasteiger partial charge is 0.253 e. The molecule has 1 saturated heterocycles. The first-order valence-corrected chi connectivity index (χ1v) is 7.74. The average molecular weight is 329 g/mol. The third-order valence-electron chi connectivity index (χ3n) is 4.19. The molecule has 1 fully saturated rings. The van der Waals surface area contributed by atoms with Crippen LogP contribution in [0.2, 0.25) is 0 Å². The van der Waals surface area contributed by atoms with Crippen LogP contribution >= 0.6 is 0 Å². The Bertz CT molecular complexity index is 731. The van der Waals surface area contributed by atoms with E-state index in [0.29, 0.717) is 24.2 Å². The molecule has 1 aromatic heterocycles. The number of para-hydroxylation sites is 1. The lowest BCUT2D eigenvalue weighted by Crippen LogP contribution is -2.55. The molecule has 0 spiro atoms. The van der Waals surface area contributed by atoms with Crippen molar-refractivity contribution in [3.05, 3.63) is 42.5 Å². The Kier molecular flexibility index (Phi) is 4.57. The number of aliphatic hydroxyl groups excluding tert-OH is 1. The van der Waals surface area contributed by atoms with E-state index in [4.69, 9.17) is 0 Å². The van der Waals surface area contributed by atoms with E-state index in [1.165, 1.54) is 19.6 Å². The molecule has 8 nitrogen and oxygen atoms in total. The fraction of sp³-hybridized carbons (Fsp3) is 0.375. The number of carbonyl (C=O) groups is 2. The Morgan fingerprint density at radius 2 is 1.96 bits per heavy atom. The standard InChI is InChI=1S/C16H19N5O3/c1-11(22)20-7-6-13(15(23)8-20)19-16(24)12-4-2-3-5-14(12)21-9-17-18-10-21/h2-5,9-10,13,15,23H,6-8H2,1H3,(H,19,24)/t13-,15-/m1/s1. The fourth-order valence-corrected chi connectivity index (χ4v) is 2.85. The minimum atomic E-state index is -0.784. The number of likely N-dealkylation sites (tertiary alicyclic amines) is 1. The van der Waals surface area contributed by atoms with Gasteiger partial charge in [0.1, 0.15) is 12.7 Å². The lowest BCUT2D eigenvalue weighted by atomic mass is 10.0. The minimum absolute atomic E-state index is 0.0724. The van der Waals surface area contributed by atoms with Crippen LogP contribution < -0.4 is 5.32 Å². The minimum Gasteiger partial charge on any atom is -0.389 e. The quantitative estimate of drug-likeness (QED) is 0.824. The predicted molar refractivity (Wildman–Crippen MR) is 85.5 cm³/mol. The van der Waals surface area contributed by atoms with E-state index in [-0.39, 0.29) is 24.4 Å². The molecule has 1 aliphatic heterocycles. The normalized spacial score (nSPS) is 20.7. The van der Waals surface area contributed by atoms with Crippen LogP contribution in [0.15, 0.2) is 36.9 Å². The molecule has 3 rings (SSSR count). The van der Waals surface area contributed by atoms with Crippen molar-refractivity contribution in [1.82, 2.24) is 25.0 Å². The lowest BCUT2D eigenvalue weighted by molar-refractivity contribution is -0.132. The van der Waals surface area contributed by atoms with Crippen molar-refractivity contribution in [2.24, 2.45) is 0 Å². The Morgan fingerprint density at radius 3 is 2.62 bits per heavy atom. The van der Waals surface area contributed by atoms with Crippen LogP contribution in [0.3, 0.4) is 0 Å². The second kappa shape index (κ2) is 6.79. The number of aromatic nitrogens is 3. The van der Waals surface area contributed by atoms with Gasteiger partial charge >= 0.3 is 0 Å². The zero-order valence-corrected chi connectivity index (χ0v) is 13.3. The number of hydrogen-bond donors (Lipinski definition) is 2. The number of benzene rings is 1. The van der Waals surface area contributed by atoms with E-state index in [0.717, 1.165) is 0 Å². The second-order valence-electron chi connectivity index (χ2n) is 5.79. The van der Waals surface area contributed by atoms with Gasteiger partial charge in [-0.1, -0.05) is 12.1 Å². The van der Waals surface area contributed by atoms with Gasteiger partial charge in [0.05, 0.1) is 23.4 Å². The largest absolute Gasteiger partial charge is 0.389 e. The Hall–Kier alpha value is -2.74. The molecule has 1 aromatic carbocycles. The molecule has 0 aliphatic carbocycles. The van der Waals surface area contributed by atoms with Crippen LogP contribution in [0.4, 0.5) is 0 Å². The Morgan fingerprint density at radius 1 is 1.25 bits per heavy atom. The van der Waals surface area contributed by atoms with E-state index in [1.807, 2.05) is 6.07 Å². The van der Waals surface area contributed by atoms with Crippen molar-refractivity contribution in [1.29, 1.82) is 0 Å². The molecule has 0 radical (unpaired) electrons. The molecule has 8 heteroatoms. The number of amides is 2. The molecule has 2 heterocycles. The van der Waals surface area contributed by atoms with E-state index in [2.05, 4.69) is 15.5 Å². The number of hydrogen-bond acceptors (Lipinski definition) is 5. The summed E-state index contributed by atoms with van der Waals surface area (Å²) < 4.78 is 1.66. The highest BCUT2D eigenvalue weighted by molar-refractivity contribution is 5.98. The van der Waals surface area contributed by atoms with Gasteiger partial charge in [0.25, 0.3) is 5.91 Å². The summed E-state index contributed by atoms with van der Waals surface area (Å²) in [5, 5.41) is 20.6. The van der Waals surface area contributed by atoms with Gasteiger partial charge in [-0.25, -0.2) is 0 Å². The molecule has 2 amide bonds. The number of β-amino-alcohol motifs (C(OH)–C–C–N with tert-alkyl or cyclic N) is 1. The Labute approximate surface area is 139 Å². The Balaban J connectivity index is 1.74. The van der Waals surface area contributed by atoms with Crippen LogP contribution in [0.5, 0.6) is 0 Å². The number of carbonyl (C=O) groups excluding carboxylic acids is 2. The molecule has 2 aromatic rings. The number of nitrogens with zero attached hydrogens (tertiary/aromatic N) is 4. The number of nitrogens with one attached hydrogen (secondary N) is 1. The number of piperidine rings is 1. The van der Waals surface area contributed by atoms with Gasteiger partial charge in [0, 0.05) is 20.0 Å². The molecule has 24 heavy (non-hydrogen) atoms. The monoisotopic (exact) mass is 329 g/mol. The first kappa shape index (κ1) is 16.1. The SMILES string of the molecule is CC(=O)N1CC[C@@H](NC(=O)c2ccccc2-n2cnnc2)[C@H](O)C1. The van der Waals surface area contributed by atoms with Gasteiger partial charge in [-0.2, -0.15) is 0 Å². The topological polar surface area (TPSA) is 100 Å². The summed E-state index contributed by atoms with van der Waals surface area (Å²) >= 11 is 0. The summed E-state index contributed by atoms with van der Waals surface area (Å²) in [6.45, 7) is 2.22. The predicted octanol–water partition coefficient (Wildman–Crippen LogP) is -0.0212. The first-order chi connectivity index (χ1) is 11.6. The van der Waals surface area contributed by atoms with Crippen LogP contribution in [-0.4, -0.2) is 61.8 Å². The van der Waals surface area contributed by atoms with Crippen LogP contribution in [-0.2, 0) is 4.79 Å². The highest BCUT2D eigenvalue weighted by Crippen LogP contribution is 2.16. The van der Waals surface area contributed by atoms with Crippen LogP contribution in [0, 0.1) is 0 Å². The summed E-state index contributed by atoms with van der Waals surface area (Å²) in [5.74, 6) is -0.351. The number of rotatable bonds is 3. The molecule has 0 saturated carbocycles. The molecule has 0 unspecified atom stereocenters. The van der Waals surface area contributed by atoms with Crippen molar-refractivity contribution in [3.8, 4) is 5.69 Å². The second-order valence-corrected chi connectivity index (χ2v) is 5.79. The average Bonchev–Trinajstić information content (AvgIpc) is 3.11. The third-order valence-corrected chi connectivity index (χ3v) is 4.19. The molecule has 126 valence electrons. The third kappa shape index (κ3) is 3.28. The van der Waals surface area contributed by atoms with Gasteiger partial charge in [-0.15, -0.1) is 10.2 Å². The first-order valence-electron chi connectivity index (χ1n) is 7.74. The summed E-state index contributed by atoms with van der Waals surface area (Å²) in [5.41, 5.74) is 1.13. The molecular weight excluding hydrogens is 310 g/mol. The van der Waals surface area contributed by atoms with Gasteiger partial charge in [-0.3, -0.25) is 14.2 Å². The fourth-order valence-electron chi connectivity index (χ4n) is 2.85. The van der Waals surface area contributed by atoms with Crippen LogP contribution in [0.1, 0.15) is 23.7 Å². The molecule has 1 aliphatic rings. The maximum Gasteiger partial charge on any atom is 0.253 e. The maximum atomic E-state index is 12.6. The molecule has 0 bridgehead atoms. The van der Waals surface area contributed by atoms with E-state index in [9.17, 15) is 14.7 Å². The zero-order chi connectivity index (χ0) is 17.1. The molecular formula is C16H19N5O3. The summed E-state index contributed by atoms with van der Waals surface area (Å²) in [6.07, 6.45) is 2.77. The zero-order valence-electron chi connectivity index (χ0n) is 13.3. The van der Waals surface area contributed by atoms with Gasteiger partial charge in [0.15, 0.2) is 0 Å².